The Kier molecular flexibility index (Phi) is 4.99. The van der Waals surface area contributed by atoms with Crippen molar-refractivity contribution in [1.29, 1.82) is 0 Å². The first-order chi connectivity index (χ1) is 10.7. The molecule has 1 atom stereocenters. The number of piperidine rings is 1. The number of nitrogens with one attached hydrogen (secondary N) is 1. The SMILES string of the molecule is Cc1ncc([N+](=O)[O-])cc1C(=O)NC[C@H]1N(C)CCCC1(C)C. The van der Waals surface area contributed by atoms with Gasteiger partial charge < -0.3 is 10.2 Å². The highest BCUT2D eigenvalue weighted by Crippen LogP contribution is 2.33. The molecule has 1 aliphatic rings. The summed E-state index contributed by atoms with van der Waals surface area (Å²) in [5.74, 6) is -0.312. The molecule has 0 aromatic carbocycles. The van der Waals surface area contributed by atoms with Crippen molar-refractivity contribution in [2.75, 3.05) is 20.1 Å². The topological polar surface area (TPSA) is 88.4 Å². The van der Waals surface area contributed by atoms with Crippen molar-refractivity contribution in [2.24, 2.45) is 5.41 Å². The van der Waals surface area contributed by atoms with Crippen LogP contribution < -0.4 is 5.32 Å². The fourth-order valence-corrected chi connectivity index (χ4v) is 3.27. The second-order valence-corrected chi connectivity index (χ2v) is 6.88. The number of nitro groups is 1. The molecule has 23 heavy (non-hydrogen) atoms. The van der Waals surface area contributed by atoms with Gasteiger partial charge in [-0.3, -0.25) is 19.9 Å². The molecule has 1 aromatic heterocycles. The number of likely N-dealkylation sites (tertiary alicyclic amines) is 1. The van der Waals surface area contributed by atoms with Crippen LogP contribution in [0.5, 0.6) is 0 Å². The Morgan fingerprint density at radius 2 is 2.26 bits per heavy atom. The van der Waals surface area contributed by atoms with Crippen LogP contribution in [0.4, 0.5) is 5.69 Å². The number of hydrogen-bond acceptors (Lipinski definition) is 5. The van der Waals surface area contributed by atoms with Gasteiger partial charge in [-0.1, -0.05) is 13.8 Å². The summed E-state index contributed by atoms with van der Waals surface area (Å²) < 4.78 is 0. The quantitative estimate of drug-likeness (QED) is 0.678. The molecule has 1 amide bonds. The van der Waals surface area contributed by atoms with Crippen LogP contribution in [0.15, 0.2) is 12.3 Å². The van der Waals surface area contributed by atoms with Crippen LogP contribution in [0.25, 0.3) is 0 Å². The number of carbonyl (C=O) groups excluding carboxylic acids is 1. The summed E-state index contributed by atoms with van der Waals surface area (Å²) in [6, 6.07) is 1.53. The minimum absolute atomic E-state index is 0.121. The molecular formula is C16H24N4O3. The zero-order valence-electron chi connectivity index (χ0n) is 14.1. The van der Waals surface area contributed by atoms with E-state index < -0.39 is 4.92 Å². The van der Waals surface area contributed by atoms with Gasteiger partial charge in [0.2, 0.25) is 0 Å². The van der Waals surface area contributed by atoms with Crippen molar-refractivity contribution < 1.29 is 9.72 Å². The van der Waals surface area contributed by atoms with Crippen molar-refractivity contribution in [3.8, 4) is 0 Å². The minimum Gasteiger partial charge on any atom is -0.350 e. The lowest BCUT2D eigenvalue weighted by molar-refractivity contribution is -0.385. The lowest BCUT2D eigenvalue weighted by Gasteiger charge is -2.45. The molecule has 1 aliphatic heterocycles. The minimum atomic E-state index is -0.540. The fraction of sp³-hybridized carbons (Fsp3) is 0.625. The van der Waals surface area contributed by atoms with E-state index in [0.717, 1.165) is 19.4 Å². The lowest BCUT2D eigenvalue weighted by atomic mass is 9.76. The van der Waals surface area contributed by atoms with Crippen molar-refractivity contribution >= 4 is 11.6 Å². The number of hydrogen-bond donors (Lipinski definition) is 1. The van der Waals surface area contributed by atoms with E-state index in [1.807, 2.05) is 0 Å². The molecule has 7 nitrogen and oxygen atoms in total. The van der Waals surface area contributed by atoms with Gasteiger partial charge in [0.1, 0.15) is 6.20 Å². The van der Waals surface area contributed by atoms with Gasteiger partial charge in [-0.05, 0) is 38.8 Å². The molecule has 0 radical (unpaired) electrons. The van der Waals surface area contributed by atoms with Gasteiger partial charge in [0.15, 0.2) is 0 Å². The normalized spacial score (nSPS) is 21.0. The number of pyridine rings is 1. The highest BCUT2D eigenvalue weighted by Gasteiger charge is 2.35. The van der Waals surface area contributed by atoms with Crippen LogP contribution in [0.2, 0.25) is 0 Å². The highest BCUT2D eigenvalue weighted by molar-refractivity contribution is 5.95. The van der Waals surface area contributed by atoms with Gasteiger partial charge >= 0.3 is 0 Å². The maximum absolute atomic E-state index is 12.4. The molecule has 1 N–H and O–H groups in total. The van der Waals surface area contributed by atoms with Crippen LogP contribution in [-0.4, -0.2) is 46.9 Å². The molecule has 1 aromatic rings. The summed E-state index contributed by atoms with van der Waals surface area (Å²) in [5, 5.41) is 13.8. The summed E-state index contributed by atoms with van der Waals surface area (Å²) in [7, 11) is 2.07. The summed E-state index contributed by atoms with van der Waals surface area (Å²) in [6.07, 6.45) is 3.45. The Morgan fingerprint density at radius 3 is 2.87 bits per heavy atom. The standard InChI is InChI=1S/C16H24N4O3/c1-11-13(8-12(9-17-11)20(22)23)15(21)18-10-14-16(2,3)6-5-7-19(14)4/h8-9,14H,5-7,10H2,1-4H3,(H,18,21)/t14-/m1/s1. The second kappa shape index (κ2) is 6.62. The van der Waals surface area contributed by atoms with Gasteiger partial charge in [-0.15, -0.1) is 0 Å². The van der Waals surface area contributed by atoms with E-state index in [0.29, 0.717) is 12.2 Å². The molecule has 2 rings (SSSR count). The third kappa shape index (κ3) is 3.85. The highest BCUT2D eigenvalue weighted by atomic mass is 16.6. The Morgan fingerprint density at radius 1 is 1.57 bits per heavy atom. The zero-order chi connectivity index (χ0) is 17.2. The van der Waals surface area contributed by atoms with Gasteiger partial charge in [-0.25, -0.2) is 0 Å². The van der Waals surface area contributed by atoms with Crippen LogP contribution in [-0.2, 0) is 0 Å². The number of rotatable bonds is 4. The summed E-state index contributed by atoms with van der Waals surface area (Å²) >= 11 is 0. The average molecular weight is 320 g/mol. The lowest BCUT2D eigenvalue weighted by Crippen LogP contribution is -2.53. The Balaban J connectivity index is 2.10. The van der Waals surface area contributed by atoms with E-state index in [2.05, 4.69) is 36.1 Å². The molecule has 0 aliphatic carbocycles. The predicted molar refractivity (Wildman–Crippen MR) is 87.4 cm³/mol. The maximum atomic E-state index is 12.4. The molecule has 0 spiro atoms. The molecule has 2 heterocycles. The number of nitrogens with zero attached hydrogens (tertiary/aromatic N) is 3. The third-order valence-electron chi connectivity index (χ3n) is 4.75. The third-order valence-corrected chi connectivity index (χ3v) is 4.75. The number of likely N-dealkylation sites (N-methyl/N-ethyl adjacent to an activating group) is 1. The molecule has 1 fully saturated rings. The summed E-state index contributed by atoms with van der Waals surface area (Å²) in [6.45, 7) is 7.63. The fourth-order valence-electron chi connectivity index (χ4n) is 3.27. The Hall–Kier alpha value is -2.02. The largest absolute Gasteiger partial charge is 0.350 e. The predicted octanol–water partition coefficient (Wildman–Crippen LogP) is 2.15. The van der Waals surface area contributed by atoms with Gasteiger partial charge in [0, 0.05) is 18.7 Å². The molecular weight excluding hydrogens is 296 g/mol. The maximum Gasteiger partial charge on any atom is 0.288 e. The number of amides is 1. The van der Waals surface area contributed by atoms with E-state index in [1.165, 1.54) is 12.3 Å². The van der Waals surface area contributed by atoms with Gasteiger partial charge in [-0.2, -0.15) is 0 Å². The van der Waals surface area contributed by atoms with Crippen molar-refractivity contribution in [3.63, 3.8) is 0 Å². The molecule has 7 heteroatoms. The number of aromatic nitrogens is 1. The molecule has 0 saturated carbocycles. The van der Waals surface area contributed by atoms with Crippen LogP contribution in [0.3, 0.4) is 0 Å². The Bertz CT molecular complexity index is 615. The number of aryl methyl sites for hydroxylation is 1. The van der Waals surface area contributed by atoms with E-state index in [-0.39, 0.29) is 28.6 Å². The van der Waals surface area contributed by atoms with E-state index >= 15 is 0 Å². The summed E-state index contributed by atoms with van der Waals surface area (Å²) in [4.78, 5) is 28.9. The van der Waals surface area contributed by atoms with Crippen molar-refractivity contribution in [1.82, 2.24) is 15.2 Å². The van der Waals surface area contributed by atoms with Crippen LogP contribution in [0.1, 0.15) is 42.7 Å². The first kappa shape index (κ1) is 17.3. The van der Waals surface area contributed by atoms with Crippen molar-refractivity contribution in [2.45, 2.75) is 39.7 Å². The molecule has 1 saturated heterocycles. The summed E-state index contributed by atoms with van der Waals surface area (Å²) in [5.41, 5.74) is 0.701. The van der Waals surface area contributed by atoms with Crippen LogP contribution in [0, 0.1) is 22.5 Å². The molecule has 0 bridgehead atoms. The van der Waals surface area contributed by atoms with E-state index in [4.69, 9.17) is 0 Å². The second-order valence-electron chi connectivity index (χ2n) is 6.88. The van der Waals surface area contributed by atoms with Crippen LogP contribution >= 0.6 is 0 Å². The monoisotopic (exact) mass is 320 g/mol. The Labute approximate surface area is 136 Å². The first-order valence-electron chi connectivity index (χ1n) is 7.82. The van der Waals surface area contributed by atoms with E-state index in [9.17, 15) is 14.9 Å². The van der Waals surface area contributed by atoms with Gasteiger partial charge in [0.05, 0.1) is 16.2 Å². The van der Waals surface area contributed by atoms with Crippen molar-refractivity contribution in [3.05, 3.63) is 33.6 Å². The molecule has 126 valence electrons. The number of carbonyl (C=O) groups is 1. The smallest absolute Gasteiger partial charge is 0.288 e. The van der Waals surface area contributed by atoms with Gasteiger partial charge in [0.25, 0.3) is 11.6 Å². The first-order valence-corrected chi connectivity index (χ1v) is 7.82. The zero-order valence-corrected chi connectivity index (χ0v) is 14.1. The molecule has 0 unspecified atom stereocenters. The van der Waals surface area contributed by atoms with E-state index in [1.54, 1.807) is 6.92 Å². The average Bonchev–Trinajstić information content (AvgIpc) is 2.46.